The SMILES string of the molecule is CC.CCOC(=O)Cc1nc(-c2ccc(OC)cc2)no1. The van der Waals surface area contributed by atoms with E-state index in [1.54, 1.807) is 26.2 Å². The third kappa shape index (κ3) is 4.91. The molecule has 2 aromatic rings. The van der Waals surface area contributed by atoms with Crippen LogP contribution in [0.5, 0.6) is 5.75 Å². The molecule has 6 heteroatoms. The zero-order valence-corrected chi connectivity index (χ0v) is 12.8. The van der Waals surface area contributed by atoms with Crippen molar-refractivity contribution in [3.63, 3.8) is 0 Å². The standard InChI is InChI=1S/C13H14N2O4.C2H6/c1-3-18-12(16)8-11-14-13(15-19-11)9-4-6-10(17-2)7-5-9;1-2/h4-7H,3,8H2,1-2H3;1-2H3. The molecule has 0 fully saturated rings. The number of hydrogen-bond acceptors (Lipinski definition) is 6. The molecule has 1 aromatic heterocycles. The van der Waals surface area contributed by atoms with Crippen molar-refractivity contribution in [2.45, 2.75) is 27.2 Å². The molecule has 0 spiro atoms. The maximum atomic E-state index is 11.3. The van der Waals surface area contributed by atoms with Crippen molar-refractivity contribution in [2.24, 2.45) is 0 Å². The molecule has 0 bridgehead atoms. The van der Waals surface area contributed by atoms with Crippen LogP contribution in [0.1, 0.15) is 26.7 Å². The van der Waals surface area contributed by atoms with Gasteiger partial charge in [0, 0.05) is 5.56 Å². The Hall–Kier alpha value is -2.37. The number of methoxy groups -OCH3 is 1. The van der Waals surface area contributed by atoms with Crippen molar-refractivity contribution < 1.29 is 18.8 Å². The second-order valence-corrected chi connectivity index (χ2v) is 3.72. The Morgan fingerprint density at radius 3 is 2.48 bits per heavy atom. The van der Waals surface area contributed by atoms with E-state index in [2.05, 4.69) is 10.1 Å². The summed E-state index contributed by atoms with van der Waals surface area (Å²) < 4.78 is 14.9. The van der Waals surface area contributed by atoms with Crippen molar-refractivity contribution >= 4 is 5.97 Å². The zero-order chi connectivity index (χ0) is 15.7. The number of nitrogens with zero attached hydrogens (tertiary/aromatic N) is 2. The van der Waals surface area contributed by atoms with Crippen LogP contribution in [0.3, 0.4) is 0 Å². The Labute approximate surface area is 124 Å². The van der Waals surface area contributed by atoms with E-state index in [4.69, 9.17) is 14.0 Å². The van der Waals surface area contributed by atoms with E-state index in [0.717, 1.165) is 11.3 Å². The van der Waals surface area contributed by atoms with Gasteiger partial charge in [-0.3, -0.25) is 4.79 Å². The largest absolute Gasteiger partial charge is 0.497 e. The number of rotatable bonds is 5. The van der Waals surface area contributed by atoms with Gasteiger partial charge >= 0.3 is 5.97 Å². The molecule has 0 unspecified atom stereocenters. The first-order valence-electron chi connectivity index (χ1n) is 6.85. The third-order valence-corrected chi connectivity index (χ3v) is 2.42. The highest BCUT2D eigenvalue weighted by Crippen LogP contribution is 2.19. The molecule has 0 radical (unpaired) electrons. The van der Waals surface area contributed by atoms with Crippen molar-refractivity contribution in [2.75, 3.05) is 13.7 Å². The van der Waals surface area contributed by atoms with Crippen LogP contribution in [-0.2, 0) is 16.0 Å². The number of ether oxygens (including phenoxy) is 2. The molecular weight excluding hydrogens is 272 g/mol. The molecule has 114 valence electrons. The van der Waals surface area contributed by atoms with E-state index in [-0.39, 0.29) is 18.3 Å². The van der Waals surface area contributed by atoms with Gasteiger partial charge in [-0.2, -0.15) is 4.98 Å². The molecule has 6 nitrogen and oxygen atoms in total. The molecule has 0 saturated heterocycles. The number of aromatic nitrogens is 2. The van der Waals surface area contributed by atoms with Crippen molar-refractivity contribution in [1.82, 2.24) is 10.1 Å². The van der Waals surface area contributed by atoms with Crippen molar-refractivity contribution in [3.05, 3.63) is 30.2 Å². The van der Waals surface area contributed by atoms with E-state index in [0.29, 0.717) is 12.4 Å². The summed E-state index contributed by atoms with van der Waals surface area (Å²) in [6.07, 6.45) is -0.0169. The van der Waals surface area contributed by atoms with Gasteiger partial charge in [0.15, 0.2) is 0 Å². The number of esters is 1. The van der Waals surface area contributed by atoms with Gasteiger partial charge in [0.1, 0.15) is 12.2 Å². The predicted molar refractivity (Wildman–Crippen MR) is 78.0 cm³/mol. The van der Waals surface area contributed by atoms with Crippen LogP contribution in [0.15, 0.2) is 28.8 Å². The van der Waals surface area contributed by atoms with Crippen LogP contribution >= 0.6 is 0 Å². The summed E-state index contributed by atoms with van der Waals surface area (Å²) in [7, 11) is 1.60. The average molecular weight is 292 g/mol. The lowest BCUT2D eigenvalue weighted by Gasteiger charge is -1.99. The number of carbonyl (C=O) groups excluding carboxylic acids is 1. The number of hydrogen-bond donors (Lipinski definition) is 0. The number of benzene rings is 1. The van der Waals surface area contributed by atoms with Crippen LogP contribution in [0.2, 0.25) is 0 Å². The average Bonchev–Trinajstić information content (AvgIpc) is 2.98. The molecule has 1 heterocycles. The molecular formula is C15H20N2O4. The van der Waals surface area contributed by atoms with Gasteiger partial charge in [0.25, 0.3) is 0 Å². The Balaban J connectivity index is 0.00000106. The normalized spacial score (nSPS) is 9.52. The van der Waals surface area contributed by atoms with Crippen LogP contribution < -0.4 is 4.74 Å². The molecule has 2 rings (SSSR count). The molecule has 1 aromatic carbocycles. The Morgan fingerprint density at radius 1 is 1.24 bits per heavy atom. The van der Waals surface area contributed by atoms with E-state index in [9.17, 15) is 4.79 Å². The fourth-order valence-electron chi connectivity index (χ4n) is 1.52. The van der Waals surface area contributed by atoms with E-state index >= 15 is 0 Å². The second kappa shape index (κ2) is 8.73. The van der Waals surface area contributed by atoms with Crippen molar-refractivity contribution in [3.8, 4) is 17.1 Å². The molecule has 0 N–H and O–H groups in total. The fraction of sp³-hybridized carbons (Fsp3) is 0.400. The molecule has 0 aliphatic rings. The summed E-state index contributed by atoms with van der Waals surface area (Å²) in [6, 6.07) is 7.24. The first kappa shape index (κ1) is 16.7. The topological polar surface area (TPSA) is 74.5 Å². The highest BCUT2D eigenvalue weighted by atomic mass is 16.5. The summed E-state index contributed by atoms with van der Waals surface area (Å²) in [5.74, 6) is 1.04. The monoisotopic (exact) mass is 292 g/mol. The van der Waals surface area contributed by atoms with Crippen molar-refractivity contribution in [1.29, 1.82) is 0 Å². The van der Waals surface area contributed by atoms with Crippen LogP contribution in [-0.4, -0.2) is 29.8 Å². The first-order chi connectivity index (χ1) is 10.2. The zero-order valence-electron chi connectivity index (χ0n) is 12.8. The third-order valence-electron chi connectivity index (χ3n) is 2.42. The molecule has 0 aliphatic heterocycles. The van der Waals surface area contributed by atoms with Gasteiger partial charge in [-0.05, 0) is 31.2 Å². The lowest BCUT2D eigenvalue weighted by molar-refractivity contribution is -0.142. The summed E-state index contributed by atoms with van der Waals surface area (Å²) in [5, 5.41) is 3.82. The Bertz CT molecular complexity index is 549. The molecule has 21 heavy (non-hydrogen) atoms. The summed E-state index contributed by atoms with van der Waals surface area (Å²) >= 11 is 0. The minimum Gasteiger partial charge on any atom is -0.497 e. The van der Waals surface area contributed by atoms with Gasteiger partial charge in [-0.15, -0.1) is 0 Å². The van der Waals surface area contributed by atoms with Gasteiger partial charge in [-0.1, -0.05) is 19.0 Å². The van der Waals surface area contributed by atoms with Gasteiger partial charge in [0.2, 0.25) is 11.7 Å². The van der Waals surface area contributed by atoms with Gasteiger partial charge in [0.05, 0.1) is 13.7 Å². The van der Waals surface area contributed by atoms with Gasteiger partial charge in [-0.25, -0.2) is 0 Å². The summed E-state index contributed by atoms with van der Waals surface area (Å²) in [5.41, 5.74) is 0.791. The van der Waals surface area contributed by atoms with Crippen LogP contribution in [0.25, 0.3) is 11.4 Å². The van der Waals surface area contributed by atoms with Gasteiger partial charge < -0.3 is 14.0 Å². The second-order valence-electron chi connectivity index (χ2n) is 3.72. The first-order valence-corrected chi connectivity index (χ1v) is 6.85. The molecule has 0 atom stereocenters. The van der Waals surface area contributed by atoms with E-state index in [1.807, 2.05) is 26.0 Å². The Kier molecular flexibility index (Phi) is 6.94. The Morgan fingerprint density at radius 2 is 1.90 bits per heavy atom. The highest BCUT2D eigenvalue weighted by molar-refractivity contribution is 5.71. The lowest BCUT2D eigenvalue weighted by Crippen LogP contribution is -2.07. The maximum Gasteiger partial charge on any atom is 0.315 e. The maximum absolute atomic E-state index is 11.3. The van der Waals surface area contributed by atoms with E-state index in [1.165, 1.54) is 0 Å². The predicted octanol–water partition coefficient (Wildman–Crippen LogP) is 2.88. The fourth-order valence-corrected chi connectivity index (χ4v) is 1.52. The lowest BCUT2D eigenvalue weighted by atomic mass is 10.2. The number of carbonyl (C=O) groups is 1. The minimum atomic E-state index is -0.382. The smallest absolute Gasteiger partial charge is 0.315 e. The summed E-state index contributed by atoms with van der Waals surface area (Å²) in [6.45, 7) is 6.08. The minimum absolute atomic E-state index is 0.0169. The molecule has 0 saturated carbocycles. The molecule has 0 amide bonds. The van der Waals surface area contributed by atoms with E-state index < -0.39 is 0 Å². The van der Waals surface area contributed by atoms with Crippen LogP contribution in [0.4, 0.5) is 0 Å². The summed E-state index contributed by atoms with van der Waals surface area (Å²) in [4.78, 5) is 15.4. The molecule has 0 aliphatic carbocycles. The quantitative estimate of drug-likeness (QED) is 0.789. The van der Waals surface area contributed by atoms with Crippen LogP contribution in [0, 0.1) is 0 Å². The highest BCUT2D eigenvalue weighted by Gasteiger charge is 2.13.